The van der Waals surface area contributed by atoms with E-state index in [1.54, 1.807) is 24.3 Å². The van der Waals surface area contributed by atoms with Crippen LogP contribution in [0.2, 0.25) is 5.02 Å². The van der Waals surface area contributed by atoms with Gasteiger partial charge in [0.05, 0.1) is 30.7 Å². The van der Waals surface area contributed by atoms with Crippen LogP contribution in [0.15, 0.2) is 36.4 Å². The summed E-state index contributed by atoms with van der Waals surface area (Å²) in [6.45, 7) is 0. The number of amides is 1. The number of sulfone groups is 1. The van der Waals surface area contributed by atoms with E-state index in [0.717, 1.165) is 6.26 Å². The average molecular weight is 384 g/mol. The lowest BCUT2D eigenvalue weighted by Gasteiger charge is -2.13. The summed E-state index contributed by atoms with van der Waals surface area (Å²) in [6, 6.07) is 9.50. The van der Waals surface area contributed by atoms with Crippen LogP contribution in [0.25, 0.3) is 0 Å². The number of benzene rings is 2. The first-order valence-corrected chi connectivity index (χ1v) is 9.67. The van der Waals surface area contributed by atoms with Crippen molar-refractivity contribution in [2.75, 3.05) is 25.8 Å². The van der Waals surface area contributed by atoms with Gasteiger partial charge in [-0.25, -0.2) is 8.42 Å². The smallest absolute Gasteiger partial charge is 0.255 e. The molecule has 2 aromatic carbocycles. The molecule has 0 fully saturated rings. The van der Waals surface area contributed by atoms with Crippen molar-refractivity contribution in [3.05, 3.63) is 52.5 Å². The molecule has 0 heterocycles. The first-order chi connectivity index (χ1) is 11.7. The van der Waals surface area contributed by atoms with Gasteiger partial charge in [0.15, 0.2) is 21.3 Å². The van der Waals surface area contributed by atoms with Gasteiger partial charge in [-0.05, 0) is 17.7 Å². The Hall–Kier alpha value is -2.25. The molecule has 6 nitrogen and oxygen atoms in total. The normalized spacial score (nSPS) is 11.0. The summed E-state index contributed by atoms with van der Waals surface area (Å²) in [4.78, 5) is 12.4. The molecule has 0 aliphatic rings. The highest BCUT2D eigenvalue weighted by molar-refractivity contribution is 7.89. The van der Waals surface area contributed by atoms with E-state index in [1.807, 2.05) is 0 Å². The molecule has 0 aliphatic heterocycles. The van der Waals surface area contributed by atoms with Gasteiger partial charge in [-0.3, -0.25) is 4.79 Å². The third-order valence-electron chi connectivity index (χ3n) is 3.34. The summed E-state index contributed by atoms with van der Waals surface area (Å²) in [7, 11) is -0.221. The van der Waals surface area contributed by atoms with Gasteiger partial charge in [0, 0.05) is 24.0 Å². The van der Waals surface area contributed by atoms with Crippen LogP contribution in [-0.2, 0) is 15.6 Å². The Morgan fingerprint density at radius 3 is 2.36 bits per heavy atom. The molecule has 0 unspecified atom stereocenters. The van der Waals surface area contributed by atoms with Gasteiger partial charge in [-0.15, -0.1) is 0 Å². The Labute approximate surface area is 151 Å². The van der Waals surface area contributed by atoms with Crippen LogP contribution < -0.4 is 14.8 Å². The quantitative estimate of drug-likeness (QED) is 0.828. The van der Waals surface area contributed by atoms with Crippen LogP contribution in [0.4, 0.5) is 5.69 Å². The van der Waals surface area contributed by atoms with Crippen LogP contribution >= 0.6 is 11.6 Å². The van der Waals surface area contributed by atoms with Crippen LogP contribution in [0.5, 0.6) is 11.5 Å². The third kappa shape index (κ3) is 5.11. The number of carbonyl (C=O) groups is 1. The van der Waals surface area contributed by atoms with E-state index in [2.05, 4.69) is 5.32 Å². The third-order valence-corrected chi connectivity index (χ3v) is 4.51. The average Bonchev–Trinajstić information content (AvgIpc) is 2.54. The van der Waals surface area contributed by atoms with Crippen molar-refractivity contribution in [3.63, 3.8) is 0 Å². The Morgan fingerprint density at radius 1 is 1.12 bits per heavy atom. The van der Waals surface area contributed by atoms with Crippen molar-refractivity contribution in [1.29, 1.82) is 0 Å². The van der Waals surface area contributed by atoms with Gasteiger partial charge in [-0.2, -0.15) is 0 Å². The first-order valence-electron chi connectivity index (χ1n) is 7.23. The highest BCUT2D eigenvalue weighted by Gasteiger charge is 2.14. The molecule has 2 aromatic rings. The second-order valence-corrected chi connectivity index (χ2v) is 7.96. The van der Waals surface area contributed by atoms with E-state index in [-0.39, 0.29) is 5.75 Å². The summed E-state index contributed by atoms with van der Waals surface area (Å²) in [6.07, 6.45) is 1.14. The molecule has 0 bridgehead atoms. The Kier molecular flexibility index (Phi) is 5.92. The monoisotopic (exact) mass is 383 g/mol. The fourth-order valence-electron chi connectivity index (χ4n) is 2.25. The molecule has 0 saturated carbocycles. The van der Waals surface area contributed by atoms with Gasteiger partial charge in [0.2, 0.25) is 0 Å². The zero-order valence-corrected chi connectivity index (χ0v) is 15.6. The minimum absolute atomic E-state index is 0.134. The molecule has 1 N–H and O–H groups in total. The zero-order chi connectivity index (χ0) is 18.6. The Bertz CT molecular complexity index is 896. The summed E-state index contributed by atoms with van der Waals surface area (Å²) in [5, 5.41) is 2.98. The lowest BCUT2D eigenvalue weighted by molar-refractivity contribution is 0.102. The molecule has 25 heavy (non-hydrogen) atoms. The molecule has 0 saturated heterocycles. The van der Waals surface area contributed by atoms with Crippen LogP contribution in [0.1, 0.15) is 15.9 Å². The van der Waals surface area contributed by atoms with Crippen molar-refractivity contribution in [2.45, 2.75) is 5.75 Å². The number of ether oxygens (including phenoxy) is 2. The first kappa shape index (κ1) is 19.1. The minimum Gasteiger partial charge on any atom is -0.493 e. The highest BCUT2D eigenvalue weighted by atomic mass is 35.5. The number of rotatable bonds is 6. The van der Waals surface area contributed by atoms with Gasteiger partial charge in [0.25, 0.3) is 5.91 Å². The van der Waals surface area contributed by atoms with Crippen LogP contribution in [-0.4, -0.2) is 34.8 Å². The van der Waals surface area contributed by atoms with E-state index in [0.29, 0.717) is 33.3 Å². The molecule has 2 rings (SSSR count). The van der Waals surface area contributed by atoms with E-state index in [1.165, 1.54) is 26.4 Å². The Balaban J connectivity index is 2.27. The van der Waals surface area contributed by atoms with Crippen molar-refractivity contribution < 1.29 is 22.7 Å². The number of carbonyl (C=O) groups excluding carboxylic acids is 1. The minimum atomic E-state index is -3.19. The van der Waals surface area contributed by atoms with Crippen molar-refractivity contribution in [2.24, 2.45) is 0 Å². The number of anilines is 1. The molecule has 1 amide bonds. The van der Waals surface area contributed by atoms with Crippen molar-refractivity contribution in [3.8, 4) is 11.5 Å². The fourth-order valence-corrected chi connectivity index (χ4v) is 3.24. The molecule has 0 aromatic heterocycles. The van der Waals surface area contributed by atoms with E-state index in [9.17, 15) is 13.2 Å². The van der Waals surface area contributed by atoms with Crippen molar-refractivity contribution in [1.82, 2.24) is 0 Å². The second kappa shape index (κ2) is 7.76. The largest absolute Gasteiger partial charge is 0.493 e. The van der Waals surface area contributed by atoms with E-state index >= 15 is 0 Å². The maximum absolute atomic E-state index is 12.4. The van der Waals surface area contributed by atoms with E-state index < -0.39 is 15.7 Å². The van der Waals surface area contributed by atoms with Crippen molar-refractivity contribution >= 4 is 33.0 Å². The maximum Gasteiger partial charge on any atom is 0.255 e. The van der Waals surface area contributed by atoms with E-state index in [4.69, 9.17) is 21.1 Å². The van der Waals surface area contributed by atoms with Gasteiger partial charge in [0.1, 0.15) is 0 Å². The molecule has 134 valence electrons. The molecular formula is C17H18ClNO5S. The molecule has 0 aliphatic carbocycles. The Morgan fingerprint density at radius 2 is 1.76 bits per heavy atom. The maximum atomic E-state index is 12.4. The summed E-state index contributed by atoms with van der Waals surface area (Å²) in [5.41, 5.74) is 1.22. The lowest BCUT2D eigenvalue weighted by Crippen LogP contribution is -2.13. The predicted octanol–water partition coefficient (Wildman–Crippen LogP) is 3.15. The number of hydrogen-bond donors (Lipinski definition) is 1. The van der Waals surface area contributed by atoms with Crippen LogP contribution in [0, 0.1) is 0 Å². The molecule has 0 atom stereocenters. The highest BCUT2D eigenvalue weighted by Crippen LogP contribution is 2.36. The standard InChI is InChI=1S/C17H18ClNO5S/c1-23-15-8-13(18)14(9-16(15)24-2)19-17(20)12-6-4-5-11(7-12)10-25(3,21)22/h4-9H,10H2,1-3H3,(H,19,20). The SMILES string of the molecule is COc1cc(Cl)c(NC(=O)c2cccc(CS(C)(=O)=O)c2)cc1OC. The molecule has 0 spiro atoms. The van der Waals surface area contributed by atoms with Gasteiger partial charge in [-0.1, -0.05) is 23.7 Å². The molecule has 8 heteroatoms. The number of hydrogen-bond acceptors (Lipinski definition) is 5. The predicted molar refractivity (Wildman–Crippen MR) is 97.5 cm³/mol. The summed E-state index contributed by atoms with van der Waals surface area (Å²) < 4.78 is 33.1. The fraction of sp³-hybridized carbons (Fsp3) is 0.235. The van der Waals surface area contributed by atoms with Gasteiger partial charge < -0.3 is 14.8 Å². The summed E-state index contributed by atoms with van der Waals surface area (Å²) in [5.74, 6) is 0.323. The zero-order valence-electron chi connectivity index (χ0n) is 14.0. The van der Waals surface area contributed by atoms with Gasteiger partial charge >= 0.3 is 0 Å². The number of methoxy groups -OCH3 is 2. The topological polar surface area (TPSA) is 81.7 Å². The number of halogens is 1. The lowest BCUT2D eigenvalue weighted by atomic mass is 10.1. The van der Waals surface area contributed by atoms with Crippen LogP contribution in [0.3, 0.4) is 0 Å². The summed E-state index contributed by atoms with van der Waals surface area (Å²) >= 11 is 6.16. The molecule has 0 radical (unpaired) electrons. The number of nitrogens with one attached hydrogen (secondary N) is 1. The molecular weight excluding hydrogens is 366 g/mol. The second-order valence-electron chi connectivity index (χ2n) is 5.41.